The van der Waals surface area contributed by atoms with Crippen molar-refractivity contribution in [1.29, 1.82) is 0 Å². The molecule has 0 fully saturated rings. The highest BCUT2D eigenvalue weighted by atomic mass is 16.6. The molecule has 0 saturated carbocycles. The van der Waals surface area contributed by atoms with Crippen molar-refractivity contribution < 1.29 is 18.7 Å². The van der Waals surface area contributed by atoms with Gasteiger partial charge in [-0.25, -0.2) is 9.78 Å². The second kappa shape index (κ2) is 10.9. The van der Waals surface area contributed by atoms with Crippen LogP contribution in [0.15, 0.2) is 83.3 Å². The molecule has 34 heavy (non-hydrogen) atoms. The van der Waals surface area contributed by atoms with Gasteiger partial charge in [0.25, 0.3) is 0 Å². The molecule has 4 aromatic rings. The fraction of sp³-hybridized carbons (Fsp3) is 0.143. The van der Waals surface area contributed by atoms with Crippen molar-refractivity contribution >= 4 is 6.09 Å². The Balaban J connectivity index is 1.33. The van der Waals surface area contributed by atoms with E-state index in [0.717, 1.165) is 28.1 Å². The van der Waals surface area contributed by atoms with Gasteiger partial charge in [-0.3, -0.25) is 0 Å². The Labute approximate surface area is 198 Å². The van der Waals surface area contributed by atoms with E-state index in [0.29, 0.717) is 30.4 Å². The third kappa shape index (κ3) is 6.05. The summed E-state index contributed by atoms with van der Waals surface area (Å²) in [6, 6.07) is 24.3. The third-order valence-corrected chi connectivity index (χ3v) is 5.04. The molecule has 1 heterocycles. The van der Waals surface area contributed by atoms with Gasteiger partial charge in [-0.1, -0.05) is 42.2 Å². The maximum atomic E-state index is 12.1. The lowest BCUT2D eigenvalue weighted by Gasteiger charge is -2.07. The topological polar surface area (TPSA) is 73.6 Å². The van der Waals surface area contributed by atoms with Gasteiger partial charge in [0.2, 0.25) is 5.89 Å². The minimum atomic E-state index is -0.530. The summed E-state index contributed by atoms with van der Waals surface area (Å²) >= 11 is 0. The minimum Gasteiger partial charge on any atom is -0.497 e. The molecule has 0 unspecified atom stereocenters. The number of nitrogens with one attached hydrogen (secondary N) is 1. The normalized spacial score (nSPS) is 10.2. The zero-order valence-electron chi connectivity index (χ0n) is 19.0. The summed E-state index contributed by atoms with van der Waals surface area (Å²) in [5.74, 6) is 8.83. The molecule has 4 rings (SSSR count). The second-order valence-electron chi connectivity index (χ2n) is 7.49. The van der Waals surface area contributed by atoms with Gasteiger partial charge in [0.15, 0.2) is 0 Å². The van der Waals surface area contributed by atoms with Gasteiger partial charge in [-0.15, -0.1) is 0 Å². The van der Waals surface area contributed by atoms with Crippen molar-refractivity contribution in [3.8, 4) is 34.8 Å². The van der Waals surface area contributed by atoms with E-state index < -0.39 is 6.09 Å². The largest absolute Gasteiger partial charge is 0.497 e. The van der Waals surface area contributed by atoms with Crippen LogP contribution in [0.25, 0.3) is 11.5 Å². The number of oxazole rings is 1. The van der Waals surface area contributed by atoms with Crippen molar-refractivity contribution in [2.45, 2.75) is 19.9 Å². The summed E-state index contributed by atoms with van der Waals surface area (Å²) in [6.07, 6.45) is -0.0453. The number of hydrogen-bond donors (Lipinski definition) is 1. The highest BCUT2D eigenvalue weighted by Crippen LogP contribution is 2.21. The number of hydrogen-bond acceptors (Lipinski definition) is 5. The molecule has 0 radical (unpaired) electrons. The predicted molar refractivity (Wildman–Crippen MR) is 130 cm³/mol. The molecule has 0 aliphatic carbocycles. The maximum Gasteiger partial charge on any atom is 0.412 e. The standard InChI is InChI=1S/C28H24N2O4/c1-20-26(30-27(33-20)23-11-4-3-5-12-23)13-7-9-21-8-6-10-22(18-21)19-29-28(31)34-25-16-14-24(32-2)15-17-25/h3-6,8,10-12,14-18H,13,19H2,1-2H3,(H,29,31). The number of carbonyl (C=O) groups excluding carboxylic acids is 1. The molecule has 0 aliphatic rings. The number of ether oxygens (including phenoxy) is 2. The predicted octanol–water partition coefficient (Wildman–Crippen LogP) is 5.54. The monoisotopic (exact) mass is 452 g/mol. The van der Waals surface area contributed by atoms with Crippen LogP contribution in [0, 0.1) is 18.8 Å². The highest BCUT2D eigenvalue weighted by Gasteiger charge is 2.10. The number of rotatable bonds is 6. The molecule has 0 atom stereocenters. The van der Waals surface area contributed by atoms with Gasteiger partial charge in [0.05, 0.1) is 19.2 Å². The van der Waals surface area contributed by atoms with Crippen molar-refractivity contribution in [3.63, 3.8) is 0 Å². The molecule has 1 N–H and O–H groups in total. The van der Waals surface area contributed by atoms with Crippen LogP contribution in [0.2, 0.25) is 0 Å². The molecule has 1 amide bonds. The van der Waals surface area contributed by atoms with Crippen molar-refractivity contribution in [2.24, 2.45) is 0 Å². The van der Waals surface area contributed by atoms with Gasteiger partial charge in [-0.2, -0.15) is 0 Å². The number of aromatic nitrogens is 1. The molecule has 3 aromatic carbocycles. The van der Waals surface area contributed by atoms with Gasteiger partial charge < -0.3 is 19.2 Å². The average molecular weight is 453 g/mol. The fourth-order valence-corrected chi connectivity index (χ4v) is 3.25. The van der Waals surface area contributed by atoms with Gasteiger partial charge in [0, 0.05) is 17.7 Å². The van der Waals surface area contributed by atoms with Crippen LogP contribution >= 0.6 is 0 Å². The SMILES string of the molecule is COc1ccc(OC(=O)NCc2cccc(C#CCc3nc(-c4ccccc4)oc3C)c2)cc1. The van der Waals surface area contributed by atoms with E-state index in [9.17, 15) is 4.79 Å². The minimum absolute atomic E-state index is 0.327. The smallest absolute Gasteiger partial charge is 0.412 e. The van der Waals surface area contributed by atoms with Crippen molar-refractivity contribution in [3.05, 3.63) is 101 Å². The molecule has 170 valence electrons. The van der Waals surface area contributed by atoms with Crippen molar-refractivity contribution in [2.75, 3.05) is 7.11 Å². The molecule has 0 aliphatic heterocycles. The van der Waals surface area contributed by atoms with E-state index in [2.05, 4.69) is 22.1 Å². The molecule has 0 spiro atoms. The Bertz CT molecular complexity index is 1320. The van der Waals surface area contributed by atoms with Gasteiger partial charge in [0.1, 0.15) is 17.3 Å². The van der Waals surface area contributed by atoms with Crippen LogP contribution in [-0.4, -0.2) is 18.2 Å². The average Bonchev–Trinajstić information content (AvgIpc) is 3.24. The number of aryl methyl sites for hydroxylation is 1. The van der Waals surface area contributed by atoms with E-state index >= 15 is 0 Å². The molecule has 6 nitrogen and oxygen atoms in total. The molecular weight excluding hydrogens is 428 g/mol. The maximum absolute atomic E-state index is 12.1. The van der Waals surface area contributed by atoms with E-state index in [1.165, 1.54) is 0 Å². The molecule has 0 bridgehead atoms. The van der Waals surface area contributed by atoms with Crippen LogP contribution in [0.4, 0.5) is 4.79 Å². The number of methoxy groups -OCH3 is 1. The Morgan fingerprint density at radius 2 is 1.76 bits per heavy atom. The molecule has 0 saturated heterocycles. The molecule has 1 aromatic heterocycles. The summed E-state index contributed by atoms with van der Waals surface area (Å²) in [6.45, 7) is 2.22. The Hall–Kier alpha value is -4.50. The lowest BCUT2D eigenvalue weighted by Crippen LogP contribution is -2.26. The Morgan fingerprint density at radius 3 is 2.53 bits per heavy atom. The van der Waals surface area contributed by atoms with Gasteiger partial charge >= 0.3 is 6.09 Å². The summed E-state index contributed by atoms with van der Waals surface area (Å²) in [4.78, 5) is 16.7. The molecule has 6 heteroatoms. The summed E-state index contributed by atoms with van der Waals surface area (Å²) < 4.78 is 16.2. The molecular formula is C28H24N2O4. The zero-order chi connectivity index (χ0) is 23.8. The second-order valence-corrected chi connectivity index (χ2v) is 7.49. The summed E-state index contributed by atoms with van der Waals surface area (Å²) in [5.41, 5.74) is 3.54. The number of amides is 1. The van der Waals surface area contributed by atoms with Crippen LogP contribution < -0.4 is 14.8 Å². The van der Waals surface area contributed by atoms with Crippen LogP contribution in [0.5, 0.6) is 11.5 Å². The Kier molecular flexibility index (Phi) is 7.26. The number of carbonyl (C=O) groups is 1. The fourth-order valence-electron chi connectivity index (χ4n) is 3.25. The van der Waals surface area contributed by atoms with Crippen molar-refractivity contribution in [1.82, 2.24) is 10.3 Å². The number of benzene rings is 3. The first kappa shape index (κ1) is 22.7. The first-order valence-electron chi connectivity index (χ1n) is 10.8. The van der Waals surface area contributed by atoms with E-state index in [4.69, 9.17) is 13.9 Å². The lowest BCUT2D eigenvalue weighted by atomic mass is 10.1. The number of nitrogens with zero attached hydrogens (tertiary/aromatic N) is 1. The quantitative estimate of drug-likeness (QED) is 0.389. The van der Waals surface area contributed by atoms with Gasteiger partial charge in [-0.05, 0) is 61.0 Å². The third-order valence-electron chi connectivity index (χ3n) is 5.04. The van der Waals surface area contributed by atoms with Crippen LogP contribution in [-0.2, 0) is 13.0 Å². The van der Waals surface area contributed by atoms with Crippen LogP contribution in [0.1, 0.15) is 22.6 Å². The van der Waals surface area contributed by atoms with E-state index in [1.807, 2.05) is 61.5 Å². The first-order valence-corrected chi connectivity index (χ1v) is 10.8. The summed E-state index contributed by atoms with van der Waals surface area (Å²) in [5, 5.41) is 2.75. The van der Waals surface area contributed by atoms with E-state index in [-0.39, 0.29) is 0 Å². The van der Waals surface area contributed by atoms with Crippen LogP contribution in [0.3, 0.4) is 0 Å². The lowest BCUT2D eigenvalue weighted by molar-refractivity contribution is 0.200. The zero-order valence-corrected chi connectivity index (χ0v) is 19.0. The highest BCUT2D eigenvalue weighted by molar-refractivity contribution is 5.70. The first-order chi connectivity index (χ1) is 16.6. The van der Waals surface area contributed by atoms with E-state index in [1.54, 1.807) is 31.4 Å². The summed E-state index contributed by atoms with van der Waals surface area (Å²) in [7, 11) is 1.58. The Morgan fingerprint density at radius 1 is 1.00 bits per heavy atom.